The molecule has 4 aromatic rings. The summed E-state index contributed by atoms with van der Waals surface area (Å²) in [5, 5.41) is 17.7. The van der Waals surface area contributed by atoms with E-state index in [1.165, 1.54) is 6.07 Å². The van der Waals surface area contributed by atoms with Crippen molar-refractivity contribution in [3.8, 4) is 17.1 Å². The lowest BCUT2D eigenvalue weighted by atomic mass is 10.0. The van der Waals surface area contributed by atoms with Gasteiger partial charge in [0.15, 0.2) is 0 Å². The number of benzene rings is 2. The molecule has 5 heterocycles. The Labute approximate surface area is 239 Å². The van der Waals surface area contributed by atoms with Crippen LogP contribution in [-0.4, -0.2) is 62.7 Å². The first-order chi connectivity index (χ1) is 20.5. The maximum atomic E-state index is 14.9. The molecule has 2 aromatic heterocycles. The number of anilines is 1. The third-order valence-electron chi connectivity index (χ3n) is 7.42. The second-order valence-electron chi connectivity index (χ2n) is 10.3. The number of aromatic nitrogens is 4. The number of benzodiazepines with no additional fused rings is 1. The molecule has 7 rings (SSSR count). The Morgan fingerprint density at radius 3 is 2.81 bits per heavy atom. The molecule has 42 heavy (non-hydrogen) atoms. The van der Waals surface area contributed by atoms with E-state index in [-0.39, 0.29) is 23.5 Å². The number of fused-ring (bicyclic) bond motifs is 2. The van der Waals surface area contributed by atoms with Crippen LogP contribution >= 0.6 is 0 Å². The zero-order valence-electron chi connectivity index (χ0n) is 22.6. The number of aliphatic imine (C=N–C) groups is 1. The number of amides is 2. The molecule has 0 saturated carbocycles. The average molecular weight is 571 g/mol. The zero-order valence-corrected chi connectivity index (χ0v) is 22.6. The van der Waals surface area contributed by atoms with Gasteiger partial charge in [-0.05, 0) is 13.0 Å². The van der Waals surface area contributed by atoms with Crippen LogP contribution in [0.4, 0.5) is 10.1 Å². The minimum atomic E-state index is -1.37. The van der Waals surface area contributed by atoms with E-state index in [4.69, 9.17) is 14.6 Å². The highest BCUT2D eigenvalue weighted by Gasteiger charge is 2.35. The Hall–Kier alpha value is -4.88. The van der Waals surface area contributed by atoms with Crippen molar-refractivity contribution >= 4 is 23.2 Å². The summed E-state index contributed by atoms with van der Waals surface area (Å²) in [4.78, 5) is 32.0. The summed E-state index contributed by atoms with van der Waals surface area (Å²) in [5.41, 5.74) is 2.55. The average Bonchev–Trinajstić information content (AvgIpc) is 3.75. The summed E-state index contributed by atoms with van der Waals surface area (Å²) in [6.07, 6.45) is 2.47. The fraction of sp³-hybridized carbons (Fsp3) is 0.276. The molecule has 214 valence electrons. The summed E-state index contributed by atoms with van der Waals surface area (Å²) >= 11 is 0. The number of ether oxygens (including phenoxy) is 2. The third kappa shape index (κ3) is 4.62. The first-order valence-electron chi connectivity index (χ1n) is 13.6. The van der Waals surface area contributed by atoms with E-state index in [2.05, 4.69) is 26.0 Å². The maximum Gasteiger partial charge on any atom is 0.269 e. The van der Waals surface area contributed by atoms with Gasteiger partial charge in [-0.3, -0.25) is 19.6 Å². The highest BCUT2D eigenvalue weighted by molar-refractivity contribution is 6.20. The van der Waals surface area contributed by atoms with Crippen molar-refractivity contribution in [2.24, 2.45) is 4.99 Å². The number of nitrogens with one attached hydrogen (secondary N) is 3. The molecule has 2 amide bonds. The standard InChI is InChI=1S/C29H27FN8O4/c1-16-10-11-37-29(42-16)22(24(36-37)18-12-32-38(13-18)21-14-41-15-31-21)27(39)35-26-28(40)34-25-19(8-5-9-20(25)30)23(33-26)17-6-3-2-4-7-17/h2-9,12-13,16,21,26,31H,10-11,14-15H2,1H3,(H,34,40)(H,35,39)/t16-,21?,26+/m0/s1. The molecule has 3 aliphatic heterocycles. The number of carbonyl (C=O) groups is 2. The van der Waals surface area contributed by atoms with Gasteiger partial charge in [0.25, 0.3) is 11.8 Å². The molecule has 0 radical (unpaired) electrons. The smallest absolute Gasteiger partial charge is 0.269 e. The maximum absolute atomic E-state index is 14.9. The number of halogens is 1. The zero-order chi connectivity index (χ0) is 28.8. The molecule has 1 saturated heterocycles. The van der Waals surface area contributed by atoms with Gasteiger partial charge in [0.2, 0.25) is 12.0 Å². The van der Waals surface area contributed by atoms with Crippen LogP contribution in [0.2, 0.25) is 0 Å². The highest BCUT2D eigenvalue weighted by atomic mass is 19.1. The second-order valence-corrected chi connectivity index (χ2v) is 10.3. The number of nitrogens with zero attached hydrogens (tertiary/aromatic N) is 5. The molecule has 3 aliphatic rings. The third-order valence-corrected chi connectivity index (χ3v) is 7.42. The number of hydrogen-bond acceptors (Lipinski definition) is 8. The van der Waals surface area contributed by atoms with E-state index in [0.717, 1.165) is 6.42 Å². The number of carbonyl (C=O) groups excluding carboxylic acids is 2. The molecule has 12 nitrogen and oxygen atoms in total. The fourth-order valence-corrected chi connectivity index (χ4v) is 5.28. The highest BCUT2D eigenvalue weighted by Crippen LogP contribution is 2.35. The summed E-state index contributed by atoms with van der Waals surface area (Å²) in [7, 11) is 0. The molecular formula is C29H27FN8O4. The summed E-state index contributed by atoms with van der Waals surface area (Å²) < 4.78 is 29.7. The largest absolute Gasteiger partial charge is 0.474 e. The van der Waals surface area contributed by atoms with Crippen LogP contribution in [0.25, 0.3) is 11.3 Å². The van der Waals surface area contributed by atoms with E-state index < -0.39 is 23.8 Å². The Morgan fingerprint density at radius 1 is 1.14 bits per heavy atom. The van der Waals surface area contributed by atoms with Crippen molar-refractivity contribution in [3.63, 3.8) is 0 Å². The predicted octanol–water partition coefficient (Wildman–Crippen LogP) is 2.68. The van der Waals surface area contributed by atoms with Gasteiger partial charge in [0.05, 0.1) is 37.0 Å². The molecule has 1 unspecified atom stereocenters. The molecule has 0 spiro atoms. The van der Waals surface area contributed by atoms with Crippen LogP contribution in [-0.2, 0) is 16.1 Å². The number of rotatable bonds is 5. The normalized spacial score (nSPS) is 21.4. The molecule has 2 aromatic carbocycles. The van der Waals surface area contributed by atoms with E-state index in [1.807, 2.05) is 37.3 Å². The van der Waals surface area contributed by atoms with Gasteiger partial charge in [-0.25, -0.2) is 14.1 Å². The minimum absolute atomic E-state index is 0.000437. The van der Waals surface area contributed by atoms with Crippen LogP contribution in [0.5, 0.6) is 5.88 Å². The lowest BCUT2D eigenvalue weighted by Crippen LogP contribution is -2.42. The van der Waals surface area contributed by atoms with Crippen molar-refractivity contribution in [3.05, 3.63) is 83.4 Å². The van der Waals surface area contributed by atoms with Crippen LogP contribution in [0, 0.1) is 5.82 Å². The SMILES string of the molecule is C[C@H]1CCn2nc(-c3cnn(C4COCN4)c3)c(C(=O)N[C@H]3N=C(c4ccccc4)c4cccc(F)c4NC3=O)c2O1. The first-order valence-corrected chi connectivity index (χ1v) is 13.6. The Balaban J connectivity index is 1.28. The molecule has 3 N–H and O–H groups in total. The molecule has 0 aliphatic carbocycles. The fourth-order valence-electron chi connectivity index (χ4n) is 5.28. The van der Waals surface area contributed by atoms with Crippen LogP contribution in [0.3, 0.4) is 0 Å². The molecule has 1 fully saturated rings. The first kappa shape index (κ1) is 26.0. The van der Waals surface area contributed by atoms with Crippen LogP contribution in [0.15, 0.2) is 65.9 Å². The van der Waals surface area contributed by atoms with Crippen molar-refractivity contribution in [2.75, 3.05) is 18.7 Å². The number of para-hydroxylation sites is 1. The van der Waals surface area contributed by atoms with Crippen molar-refractivity contribution in [2.45, 2.75) is 38.3 Å². The summed E-state index contributed by atoms with van der Waals surface area (Å²) in [5.74, 6) is -1.60. The Morgan fingerprint density at radius 2 is 2.00 bits per heavy atom. The molecule has 13 heteroatoms. The summed E-state index contributed by atoms with van der Waals surface area (Å²) in [6.45, 7) is 3.34. The van der Waals surface area contributed by atoms with Gasteiger partial charge in [0, 0.05) is 35.9 Å². The molecular weight excluding hydrogens is 543 g/mol. The lowest BCUT2D eigenvalue weighted by Gasteiger charge is -2.22. The van der Waals surface area contributed by atoms with Crippen LogP contribution < -0.4 is 20.7 Å². The van der Waals surface area contributed by atoms with Crippen LogP contribution in [0.1, 0.15) is 41.0 Å². The van der Waals surface area contributed by atoms with Gasteiger partial charge in [-0.2, -0.15) is 10.2 Å². The number of aryl methyl sites for hydroxylation is 1. The molecule has 3 atom stereocenters. The van der Waals surface area contributed by atoms with Gasteiger partial charge < -0.3 is 20.1 Å². The summed E-state index contributed by atoms with van der Waals surface area (Å²) in [6, 6.07) is 13.6. The second kappa shape index (κ2) is 10.5. The van der Waals surface area contributed by atoms with Gasteiger partial charge >= 0.3 is 0 Å². The van der Waals surface area contributed by atoms with E-state index in [1.54, 1.807) is 33.9 Å². The van der Waals surface area contributed by atoms with Gasteiger partial charge in [-0.15, -0.1) is 0 Å². The Kier molecular flexibility index (Phi) is 6.52. The van der Waals surface area contributed by atoms with Gasteiger partial charge in [-0.1, -0.05) is 42.5 Å². The molecule has 0 bridgehead atoms. The monoisotopic (exact) mass is 570 g/mol. The van der Waals surface area contributed by atoms with Gasteiger partial charge in [0.1, 0.15) is 23.2 Å². The van der Waals surface area contributed by atoms with E-state index in [0.29, 0.717) is 53.9 Å². The predicted molar refractivity (Wildman–Crippen MR) is 150 cm³/mol. The topological polar surface area (TPSA) is 137 Å². The van der Waals surface area contributed by atoms with Crippen molar-refractivity contribution < 1.29 is 23.5 Å². The lowest BCUT2D eigenvalue weighted by molar-refractivity contribution is -0.117. The van der Waals surface area contributed by atoms with Crippen molar-refractivity contribution in [1.82, 2.24) is 30.2 Å². The quantitative estimate of drug-likeness (QED) is 0.336. The van der Waals surface area contributed by atoms with Crippen molar-refractivity contribution in [1.29, 1.82) is 0 Å². The Bertz CT molecular complexity index is 1710. The number of hydrogen-bond donors (Lipinski definition) is 3. The van der Waals surface area contributed by atoms with E-state index in [9.17, 15) is 14.0 Å². The van der Waals surface area contributed by atoms with E-state index >= 15 is 0 Å². The minimum Gasteiger partial charge on any atom is -0.474 e.